The van der Waals surface area contributed by atoms with E-state index in [1.807, 2.05) is 37.3 Å². The monoisotopic (exact) mass is 408 g/mol. The Kier molecular flexibility index (Phi) is 6.87. The number of ether oxygens (including phenoxy) is 1. The number of anilines is 1. The molecule has 0 saturated carbocycles. The van der Waals surface area contributed by atoms with Crippen molar-refractivity contribution in [3.63, 3.8) is 0 Å². The van der Waals surface area contributed by atoms with Gasteiger partial charge in [0.1, 0.15) is 5.75 Å². The molecular formula is C23H21ClN2O3. The lowest BCUT2D eigenvalue weighted by atomic mass is 10.1. The largest absolute Gasteiger partial charge is 0.483 e. The maximum atomic E-state index is 12.5. The topological polar surface area (TPSA) is 67.4 Å². The predicted molar refractivity (Wildman–Crippen MR) is 114 cm³/mol. The normalized spacial score (nSPS) is 10.3. The van der Waals surface area contributed by atoms with E-state index in [0.29, 0.717) is 28.6 Å². The van der Waals surface area contributed by atoms with E-state index in [2.05, 4.69) is 10.6 Å². The van der Waals surface area contributed by atoms with Crippen molar-refractivity contribution in [1.82, 2.24) is 5.32 Å². The van der Waals surface area contributed by atoms with Crippen molar-refractivity contribution in [2.24, 2.45) is 0 Å². The average molecular weight is 409 g/mol. The molecule has 0 aromatic heterocycles. The Bertz CT molecular complexity index is 1010. The minimum atomic E-state index is -0.324. The number of carbonyl (C=O) groups is 2. The number of carbonyl (C=O) groups excluding carboxylic acids is 2. The standard InChI is InChI=1S/C23H21ClN2O3/c1-16-13-18(24)11-12-20(16)26-22(27)15-29-21-10-6-5-9-19(21)23(28)25-14-17-7-3-2-4-8-17/h2-13H,14-15H2,1H3,(H,25,28)(H,26,27). The van der Waals surface area contributed by atoms with Crippen LogP contribution in [0.25, 0.3) is 0 Å². The molecule has 0 fully saturated rings. The van der Waals surface area contributed by atoms with Gasteiger partial charge in [0.25, 0.3) is 11.8 Å². The summed E-state index contributed by atoms with van der Waals surface area (Å²) in [4.78, 5) is 24.8. The summed E-state index contributed by atoms with van der Waals surface area (Å²) in [6.07, 6.45) is 0. The Labute approximate surface area is 174 Å². The molecule has 148 valence electrons. The van der Waals surface area contributed by atoms with Gasteiger partial charge in [0.2, 0.25) is 0 Å². The lowest BCUT2D eigenvalue weighted by Crippen LogP contribution is -2.25. The smallest absolute Gasteiger partial charge is 0.262 e. The summed E-state index contributed by atoms with van der Waals surface area (Å²) in [5.74, 6) is -0.241. The summed E-state index contributed by atoms with van der Waals surface area (Å²) in [5.41, 5.74) is 2.89. The molecule has 0 aliphatic heterocycles. The Morgan fingerprint density at radius 2 is 1.69 bits per heavy atom. The van der Waals surface area contributed by atoms with Gasteiger partial charge in [-0.2, -0.15) is 0 Å². The molecule has 0 heterocycles. The molecule has 29 heavy (non-hydrogen) atoms. The summed E-state index contributed by atoms with van der Waals surface area (Å²) in [5, 5.41) is 6.25. The van der Waals surface area contributed by atoms with Crippen LogP contribution in [0.3, 0.4) is 0 Å². The molecule has 0 atom stereocenters. The van der Waals surface area contributed by atoms with E-state index in [4.69, 9.17) is 16.3 Å². The summed E-state index contributed by atoms with van der Waals surface area (Å²) < 4.78 is 5.61. The first kappa shape index (κ1) is 20.4. The van der Waals surface area contributed by atoms with Gasteiger partial charge in [-0.05, 0) is 48.4 Å². The number of benzene rings is 3. The summed E-state index contributed by atoms with van der Waals surface area (Å²) >= 11 is 5.93. The molecular weight excluding hydrogens is 388 g/mol. The van der Waals surface area contributed by atoms with Crippen LogP contribution >= 0.6 is 11.6 Å². The number of rotatable bonds is 7. The molecule has 0 radical (unpaired) electrons. The van der Waals surface area contributed by atoms with Gasteiger partial charge >= 0.3 is 0 Å². The maximum absolute atomic E-state index is 12.5. The number of para-hydroxylation sites is 1. The molecule has 0 spiro atoms. The third-order valence-electron chi connectivity index (χ3n) is 4.25. The number of hydrogen-bond acceptors (Lipinski definition) is 3. The number of nitrogens with one attached hydrogen (secondary N) is 2. The fraction of sp³-hybridized carbons (Fsp3) is 0.130. The van der Waals surface area contributed by atoms with Crippen molar-refractivity contribution in [3.8, 4) is 5.75 Å². The van der Waals surface area contributed by atoms with Crippen LogP contribution in [0.15, 0.2) is 72.8 Å². The van der Waals surface area contributed by atoms with Crippen molar-refractivity contribution >= 4 is 29.1 Å². The molecule has 0 unspecified atom stereocenters. The number of amides is 2. The highest BCUT2D eigenvalue weighted by Crippen LogP contribution is 2.20. The SMILES string of the molecule is Cc1cc(Cl)ccc1NC(=O)COc1ccccc1C(=O)NCc1ccccc1. The lowest BCUT2D eigenvalue weighted by molar-refractivity contribution is -0.118. The first-order chi connectivity index (χ1) is 14.0. The molecule has 2 amide bonds. The van der Waals surface area contributed by atoms with Crippen LogP contribution in [0, 0.1) is 6.92 Å². The number of hydrogen-bond donors (Lipinski definition) is 2. The van der Waals surface area contributed by atoms with E-state index in [9.17, 15) is 9.59 Å². The van der Waals surface area contributed by atoms with Crippen LogP contribution in [0.2, 0.25) is 5.02 Å². The second-order valence-corrected chi connectivity index (χ2v) is 6.90. The van der Waals surface area contributed by atoms with Crippen LogP contribution in [0.1, 0.15) is 21.5 Å². The third-order valence-corrected chi connectivity index (χ3v) is 4.48. The predicted octanol–water partition coefficient (Wildman–Crippen LogP) is 4.60. The van der Waals surface area contributed by atoms with Crippen molar-refractivity contribution in [3.05, 3.63) is 94.5 Å². The lowest BCUT2D eigenvalue weighted by Gasteiger charge is -2.13. The zero-order valence-electron chi connectivity index (χ0n) is 15.9. The summed E-state index contributed by atoms with van der Waals surface area (Å²) in [7, 11) is 0. The third kappa shape index (κ3) is 5.83. The number of halogens is 1. The van der Waals surface area contributed by atoms with Crippen LogP contribution in [0.5, 0.6) is 5.75 Å². The fourth-order valence-electron chi connectivity index (χ4n) is 2.75. The van der Waals surface area contributed by atoms with Crippen molar-refractivity contribution < 1.29 is 14.3 Å². The Morgan fingerprint density at radius 1 is 0.966 bits per heavy atom. The summed E-state index contributed by atoms with van der Waals surface area (Å²) in [6.45, 7) is 2.05. The highest BCUT2D eigenvalue weighted by molar-refractivity contribution is 6.30. The van der Waals surface area contributed by atoms with Crippen LogP contribution < -0.4 is 15.4 Å². The molecule has 3 rings (SSSR count). The molecule has 6 heteroatoms. The van der Waals surface area contributed by atoms with Crippen LogP contribution in [-0.4, -0.2) is 18.4 Å². The molecule has 0 aliphatic carbocycles. The van der Waals surface area contributed by atoms with Gasteiger partial charge in [0.05, 0.1) is 5.56 Å². The average Bonchev–Trinajstić information content (AvgIpc) is 2.73. The van der Waals surface area contributed by atoms with Gasteiger partial charge < -0.3 is 15.4 Å². The van der Waals surface area contributed by atoms with E-state index < -0.39 is 0 Å². The van der Waals surface area contributed by atoms with E-state index in [1.54, 1.807) is 42.5 Å². The zero-order valence-corrected chi connectivity index (χ0v) is 16.7. The van der Waals surface area contributed by atoms with Gasteiger partial charge in [0.15, 0.2) is 6.61 Å². The van der Waals surface area contributed by atoms with Crippen molar-refractivity contribution in [2.45, 2.75) is 13.5 Å². The van der Waals surface area contributed by atoms with Gasteiger partial charge in [-0.3, -0.25) is 9.59 Å². The second-order valence-electron chi connectivity index (χ2n) is 6.46. The first-order valence-corrected chi connectivity index (χ1v) is 9.50. The quantitative estimate of drug-likeness (QED) is 0.600. The molecule has 2 N–H and O–H groups in total. The summed E-state index contributed by atoms with van der Waals surface area (Å²) in [6, 6.07) is 21.7. The fourth-order valence-corrected chi connectivity index (χ4v) is 2.98. The highest BCUT2D eigenvalue weighted by Gasteiger charge is 2.13. The van der Waals surface area contributed by atoms with Gasteiger partial charge in [-0.1, -0.05) is 54.1 Å². The van der Waals surface area contributed by atoms with Gasteiger partial charge in [-0.25, -0.2) is 0 Å². The molecule has 5 nitrogen and oxygen atoms in total. The molecule has 0 bridgehead atoms. The first-order valence-electron chi connectivity index (χ1n) is 9.13. The van der Waals surface area contributed by atoms with Crippen molar-refractivity contribution in [2.75, 3.05) is 11.9 Å². The highest BCUT2D eigenvalue weighted by atomic mass is 35.5. The van der Waals surface area contributed by atoms with Gasteiger partial charge in [0, 0.05) is 17.3 Å². The Morgan fingerprint density at radius 3 is 2.45 bits per heavy atom. The zero-order chi connectivity index (χ0) is 20.6. The van der Waals surface area contributed by atoms with E-state index in [0.717, 1.165) is 11.1 Å². The second kappa shape index (κ2) is 9.75. The minimum Gasteiger partial charge on any atom is -0.483 e. The van der Waals surface area contributed by atoms with E-state index in [-0.39, 0.29) is 18.4 Å². The Hall–Kier alpha value is -3.31. The number of aryl methyl sites for hydroxylation is 1. The molecule has 0 aliphatic rings. The molecule has 0 saturated heterocycles. The van der Waals surface area contributed by atoms with E-state index in [1.165, 1.54) is 0 Å². The Balaban J connectivity index is 1.59. The van der Waals surface area contributed by atoms with Crippen LogP contribution in [0.4, 0.5) is 5.69 Å². The maximum Gasteiger partial charge on any atom is 0.262 e. The minimum absolute atomic E-state index is 0.217. The van der Waals surface area contributed by atoms with Crippen LogP contribution in [-0.2, 0) is 11.3 Å². The van der Waals surface area contributed by atoms with E-state index >= 15 is 0 Å². The van der Waals surface area contributed by atoms with Crippen molar-refractivity contribution in [1.29, 1.82) is 0 Å². The molecule has 3 aromatic rings. The molecule has 3 aromatic carbocycles. The van der Waals surface area contributed by atoms with Gasteiger partial charge in [-0.15, -0.1) is 0 Å².